The molecule has 0 bridgehead atoms. The molecule has 0 radical (unpaired) electrons. The van der Waals surface area contributed by atoms with E-state index < -0.39 is 71.8 Å². The van der Waals surface area contributed by atoms with Gasteiger partial charge >= 0.3 is 23.0 Å². The highest BCUT2D eigenvalue weighted by Gasteiger charge is 2.63. The number of hydrogen-bond acceptors (Lipinski definition) is 8. The molecule has 0 aromatic rings. The van der Waals surface area contributed by atoms with Crippen molar-refractivity contribution in [2.75, 3.05) is 0 Å². The van der Waals surface area contributed by atoms with E-state index in [1.165, 1.54) is 0 Å². The fraction of sp³-hybridized carbons (Fsp3) is 0.733. The van der Waals surface area contributed by atoms with Gasteiger partial charge in [0.2, 0.25) is 0 Å². The lowest BCUT2D eigenvalue weighted by Gasteiger charge is -2.24. The van der Waals surface area contributed by atoms with Gasteiger partial charge < -0.3 is 9.47 Å². The van der Waals surface area contributed by atoms with Crippen LogP contribution in [0.15, 0.2) is 12.7 Å². The fourth-order valence-corrected chi connectivity index (χ4v) is 6.44. The number of esters is 2. The summed E-state index contributed by atoms with van der Waals surface area (Å²) < 4.78 is 128. The van der Waals surface area contributed by atoms with Crippen LogP contribution < -0.4 is 0 Å². The number of halogens is 6. The first kappa shape index (κ1) is 27.2. The van der Waals surface area contributed by atoms with Crippen molar-refractivity contribution in [2.24, 2.45) is 5.92 Å². The van der Waals surface area contributed by atoms with Gasteiger partial charge in [0.1, 0.15) is 12.2 Å². The van der Waals surface area contributed by atoms with Gasteiger partial charge in [0.15, 0.2) is 4.58 Å². The molecule has 0 saturated heterocycles. The summed E-state index contributed by atoms with van der Waals surface area (Å²) in [6, 6.07) is 0. The van der Waals surface area contributed by atoms with E-state index in [0.29, 0.717) is 0 Å². The summed E-state index contributed by atoms with van der Waals surface area (Å²) in [6.07, 6.45) is -3.31. The first-order valence-corrected chi connectivity index (χ1v) is 11.6. The Hall–Kier alpha value is -1.84. The smallest absolute Gasteiger partial charge is 0.462 e. The van der Waals surface area contributed by atoms with E-state index in [2.05, 4.69) is 6.58 Å². The van der Waals surface area contributed by atoms with Crippen molar-refractivity contribution in [3.63, 3.8) is 0 Å². The van der Waals surface area contributed by atoms with Crippen molar-refractivity contribution in [3.05, 3.63) is 12.7 Å². The number of carbonyl (C=O) groups excluding carboxylic acids is 2. The molecule has 1 saturated carbocycles. The summed E-state index contributed by atoms with van der Waals surface area (Å²) in [5.74, 6) is -2.83. The van der Waals surface area contributed by atoms with Crippen molar-refractivity contribution in [2.45, 2.75) is 60.4 Å². The molecule has 0 aromatic carbocycles. The summed E-state index contributed by atoms with van der Waals surface area (Å²) in [7, 11) is -13.6. The van der Waals surface area contributed by atoms with E-state index in [0.717, 1.165) is 13.0 Å². The van der Waals surface area contributed by atoms with Crippen LogP contribution >= 0.6 is 0 Å². The number of hydrogen-bond donors (Lipinski definition) is 0. The fourth-order valence-electron chi connectivity index (χ4n) is 2.81. The second-order valence-corrected chi connectivity index (χ2v) is 11.2. The molecule has 0 spiro atoms. The molecule has 0 N–H and O–H groups in total. The molecule has 0 aromatic heterocycles. The molecular weight excluding hydrogens is 486 g/mol. The average Bonchev–Trinajstić information content (AvgIpc) is 3.05. The van der Waals surface area contributed by atoms with Crippen LogP contribution in [0.1, 0.15) is 32.6 Å². The molecule has 3 unspecified atom stereocenters. The number of ether oxygens (including phenoxy) is 2. The molecule has 0 amide bonds. The Morgan fingerprint density at radius 1 is 1.03 bits per heavy atom. The second-order valence-electron chi connectivity index (χ2n) is 6.67. The van der Waals surface area contributed by atoms with Crippen LogP contribution in [0.2, 0.25) is 0 Å². The van der Waals surface area contributed by atoms with E-state index in [-0.39, 0.29) is 19.3 Å². The molecule has 1 aliphatic rings. The minimum absolute atomic E-state index is 0.0593. The molecule has 31 heavy (non-hydrogen) atoms. The average molecular weight is 504 g/mol. The predicted molar refractivity (Wildman–Crippen MR) is 91.3 cm³/mol. The summed E-state index contributed by atoms with van der Waals surface area (Å²) >= 11 is 0. The zero-order valence-electron chi connectivity index (χ0n) is 15.8. The zero-order valence-corrected chi connectivity index (χ0v) is 17.4. The number of rotatable bonds is 8. The van der Waals surface area contributed by atoms with E-state index in [9.17, 15) is 52.8 Å². The zero-order chi connectivity index (χ0) is 24.4. The lowest BCUT2D eigenvalue weighted by Crippen LogP contribution is -2.46. The third kappa shape index (κ3) is 6.33. The largest absolute Gasteiger partial charge is 0.498 e. The first-order chi connectivity index (χ1) is 13.8. The summed E-state index contributed by atoms with van der Waals surface area (Å²) in [4.78, 5) is 23.2. The molecule has 1 rings (SSSR count). The van der Waals surface area contributed by atoms with Gasteiger partial charge in [-0.25, -0.2) is 21.6 Å². The minimum Gasteiger partial charge on any atom is -0.462 e. The monoisotopic (exact) mass is 504 g/mol. The molecule has 180 valence electrons. The second kappa shape index (κ2) is 9.34. The standard InChI is InChI=1S/C15H18F6O8S2/c1-3-11(22)29-10-5-4-9(7-10)13(23)28-8(2)6-12(30(24,25)14(16,17)18)31(26,27)15(19,20)21/h3,8-10,12H,1,4-7H2,2H3. The first-order valence-electron chi connectivity index (χ1n) is 8.48. The Bertz CT molecular complexity index is 863. The third-order valence-corrected chi connectivity index (χ3v) is 8.93. The minimum atomic E-state index is -6.82. The molecule has 1 fully saturated rings. The van der Waals surface area contributed by atoms with Gasteiger partial charge in [-0.3, -0.25) is 4.79 Å². The molecule has 1 aliphatic carbocycles. The van der Waals surface area contributed by atoms with Crippen molar-refractivity contribution < 1.29 is 62.2 Å². The Balaban J connectivity index is 2.98. The van der Waals surface area contributed by atoms with E-state index in [4.69, 9.17) is 9.47 Å². The highest BCUT2D eigenvalue weighted by molar-refractivity contribution is 8.09. The normalized spacial score (nSPS) is 21.5. The SMILES string of the molecule is C=CC(=O)OC1CCC(C(=O)OC(C)CC(S(=O)(=O)C(F)(F)F)S(=O)(=O)C(F)(F)F)C1. The third-order valence-electron chi connectivity index (χ3n) is 4.35. The van der Waals surface area contributed by atoms with Gasteiger partial charge in [-0.2, -0.15) is 26.3 Å². The molecule has 3 atom stereocenters. The Kier molecular flexibility index (Phi) is 8.19. The maximum absolute atomic E-state index is 12.8. The van der Waals surface area contributed by atoms with Crippen LogP contribution in [0.4, 0.5) is 26.3 Å². The molecular formula is C15H18F6O8S2. The van der Waals surface area contributed by atoms with Crippen LogP contribution in [0.3, 0.4) is 0 Å². The highest BCUT2D eigenvalue weighted by atomic mass is 32.3. The van der Waals surface area contributed by atoms with Crippen molar-refractivity contribution in [1.82, 2.24) is 0 Å². The van der Waals surface area contributed by atoms with E-state index in [1.807, 2.05) is 0 Å². The van der Waals surface area contributed by atoms with Crippen LogP contribution in [0.25, 0.3) is 0 Å². The molecule has 0 heterocycles. The molecule has 8 nitrogen and oxygen atoms in total. The van der Waals surface area contributed by atoms with E-state index in [1.54, 1.807) is 0 Å². The van der Waals surface area contributed by atoms with Crippen LogP contribution in [0, 0.1) is 5.92 Å². The van der Waals surface area contributed by atoms with Gasteiger partial charge in [-0.1, -0.05) is 6.58 Å². The molecule has 0 aliphatic heterocycles. The van der Waals surface area contributed by atoms with Crippen LogP contribution in [0.5, 0.6) is 0 Å². The highest BCUT2D eigenvalue weighted by Crippen LogP contribution is 2.38. The quantitative estimate of drug-likeness (QED) is 0.281. The number of carbonyl (C=O) groups is 2. The van der Waals surface area contributed by atoms with Crippen LogP contribution in [-0.2, 0) is 38.7 Å². The molecule has 16 heteroatoms. The number of sulfone groups is 2. The van der Waals surface area contributed by atoms with Gasteiger partial charge in [0.25, 0.3) is 19.7 Å². The Labute approximate surface area is 173 Å². The summed E-state index contributed by atoms with van der Waals surface area (Å²) in [6.45, 7) is 3.93. The van der Waals surface area contributed by atoms with Crippen LogP contribution in [-0.4, -0.2) is 56.6 Å². The van der Waals surface area contributed by atoms with Gasteiger partial charge in [-0.15, -0.1) is 0 Å². The van der Waals surface area contributed by atoms with Crippen molar-refractivity contribution in [1.29, 1.82) is 0 Å². The van der Waals surface area contributed by atoms with Gasteiger partial charge in [0, 0.05) is 12.5 Å². The van der Waals surface area contributed by atoms with E-state index >= 15 is 0 Å². The van der Waals surface area contributed by atoms with Crippen molar-refractivity contribution in [3.8, 4) is 0 Å². The Morgan fingerprint density at radius 3 is 1.94 bits per heavy atom. The number of alkyl halides is 6. The summed E-state index contributed by atoms with van der Waals surface area (Å²) in [5, 5.41) is 0. The lowest BCUT2D eigenvalue weighted by molar-refractivity contribution is -0.154. The lowest BCUT2D eigenvalue weighted by atomic mass is 10.1. The Morgan fingerprint density at radius 2 is 1.52 bits per heavy atom. The maximum atomic E-state index is 12.8. The van der Waals surface area contributed by atoms with Crippen molar-refractivity contribution >= 4 is 31.6 Å². The maximum Gasteiger partial charge on any atom is 0.498 e. The van der Waals surface area contributed by atoms with Gasteiger partial charge in [0.05, 0.1) is 5.92 Å². The van der Waals surface area contributed by atoms with Gasteiger partial charge in [-0.05, 0) is 26.2 Å². The predicted octanol–water partition coefficient (Wildman–Crippen LogP) is 2.40. The topological polar surface area (TPSA) is 121 Å². The summed E-state index contributed by atoms with van der Waals surface area (Å²) in [5.41, 5.74) is -12.6.